The Morgan fingerprint density at radius 2 is 1.72 bits per heavy atom. The van der Waals surface area contributed by atoms with Gasteiger partial charge in [-0.25, -0.2) is 8.42 Å². The van der Waals surface area contributed by atoms with Crippen molar-refractivity contribution < 1.29 is 27.5 Å². The summed E-state index contributed by atoms with van der Waals surface area (Å²) in [6.07, 6.45) is 1.36. The SMILES string of the molecule is CC(C)CNC(=O)C(C)N(Cc1ccc(Cl)cc1Cl)C(=O)CCCN(c1ccc2c(c1)OCCO2)S(C)(=O)=O. The van der Waals surface area contributed by atoms with Crippen LogP contribution in [0.25, 0.3) is 0 Å². The van der Waals surface area contributed by atoms with E-state index in [0.29, 0.717) is 52.6 Å². The highest BCUT2D eigenvalue weighted by molar-refractivity contribution is 7.92. The average Bonchev–Trinajstić information content (AvgIpc) is 2.87. The number of amides is 2. The van der Waals surface area contributed by atoms with Gasteiger partial charge in [0.1, 0.15) is 19.3 Å². The van der Waals surface area contributed by atoms with Crippen LogP contribution < -0.4 is 19.1 Å². The van der Waals surface area contributed by atoms with Crippen molar-refractivity contribution in [1.29, 1.82) is 0 Å². The van der Waals surface area contributed by atoms with Crippen molar-refractivity contribution in [3.63, 3.8) is 0 Å². The molecule has 1 aliphatic rings. The third-order valence-electron chi connectivity index (χ3n) is 6.17. The molecule has 0 aromatic heterocycles. The molecule has 0 fully saturated rings. The summed E-state index contributed by atoms with van der Waals surface area (Å²) in [6, 6.07) is 9.14. The number of hydrogen-bond acceptors (Lipinski definition) is 6. The van der Waals surface area contributed by atoms with Gasteiger partial charge in [0.15, 0.2) is 11.5 Å². The summed E-state index contributed by atoms with van der Waals surface area (Å²) >= 11 is 12.4. The van der Waals surface area contributed by atoms with Crippen LogP contribution in [0.4, 0.5) is 5.69 Å². The summed E-state index contributed by atoms with van der Waals surface area (Å²) in [6.45, 7) is 7.07. The van der Waals surface area contributed by atoms with Gasteiger partial charge in [-0.2, -0.15) is 0 Å². The summed E-state index contributed by atoms with van der Waals surface area (Å²) in [5.74, 6) is 0.684. The van der Waals surface area contributed by atoms with Gasteiger partial charge in [0, 0.05) is 42.2 Å². The van der Waals surface area contributed by atoms with Gasteiger partial charge >= 0.3 is 0 Å². The fourth-order valence-electron chi connectivity index (χ4n) is 4.06. The Bertz CT molecular complexity index is 1290. The zero-order chi connectivity index (χ0) is 28.7. The highest BCUT2D eigenvalue weighted by Gasteiger charge is 2.27. The van der Waals surface area contributed by atoms with E-state index in [1.54, 1.807) is 43.3 Å². The van der Waals surface area contributed by atoms with Crippen molar-refractivity contribution in [1.82, 2.24) is 10.2 Å². The van der Waals surface area contributed by atoms with Crippen LogP contribution in [0.5, 0.6) is 11.5 Å². The van der Waals surface area contributed by atoms with Crippen LogP contribution in [0, 0.1) is 5.92 Å². The Hall–Kier alpha value is -2.69. The lowest BCUT2D eigenvalue weighted by Crippen LogP contribution is -2.48. The summed E-state index contributed by atoms with van der Waals surface area (Å²) in [5.41, 5.74) is 1.06. The molecule has 1 atom stereocenters. The number of ether oxygens (including phenoxy) is 2. The second-order valence-electron chi connectivity index (χ2n) is 9.84. The summed E-state index contributed by atoms with van der Waals surface area (Å²) in [4.78, 5) is 27.8. The molecule has 0 bridgehead atoms. The minimum Gasteiger partial charge on any atom is -0.486 e. The second-order valence-corrected chi connectivity index (χ2v) is 12.6. The maximum atomic E-state index is 13.4. The van der Waals surface area contributed by atoms with Crippen molar-refractivity contribution in [2.24, 2.45) is 5.92 Å². The van der Waals surface area contributed by atoms with Gasteiger partial charge in [-0.15, -0.1) is 0 Å². The maximum absolute atomic E-state index is 13.4. The first-order valence-electron chi connectivity index (χ1n) is 12.7. The molecule has 12 heteroatoms. The largest absolute Gasteiger partial charge is 0.486 e. The number of carbonyl (C=O) groups is 2. The van der Waals surface area contributed by atoms with Crippen LogP contribution in [0.1, 0.15) is 39.2 Å². The molecule has 9 nitrogen and oxygen atoms in total. The molecule has 1 N–H and O–H groups in total. The number of anilines is 1. The van der Waals surface area contributed by atoms with Crippen LogP contribution in [-0.4, -0.2) is 63.7 Å². The normalized spacial score (nSPS) is 13.6. The van der Waals surface area contributed by atoms with E-state index in [2.05, 4.69) is 5.32 Å². The lowest BCUT2D eigenvalue weighted by Gasteiger charge is -2.30. The number of benzene rings is 2. The van der Waals surface area contributed by atoms with Gasteiger partial charge in [-0.05, 0) is 49.1 Å². The number of hydrogen-bond donors (Lipinski definition) is 1. The number of halogens is 2. The number of sulfonamides is 1. The predicted octanol–water partition coefficient (Wildman–Crippen LogP) is 4.50. The van der Waals surface area contributed by atoms with Crippen molar-refractivity contribution in [3.8, 4) is 11.5 Å². The van der Waals surface area contributed by atoms with Crippen molar-refractivity contribution >= 4 is 50.7 Å². The zero-order valence-corrected chi connectivity index (χ0v) is 24.9. The molecule has 2 aromatic carbocycles. The van der Waals surface area contributed by atoms with Gasteiger partial charge in [-0.3, -0.25) is 13.9 Å². The molecule has 3 rings (SSSR count). The molecular weight excluding hydrogens is 565 g/mol. The van der Waals surface area contributed by atoms with Gasteiger partial charge < -0.3 is 19.7 Å². The molecule has 1 unspecified atom stereocenters. The van der Waals surface area contributed by atoms with E-state index in [-0.39, 0.29) is 43.7 Å². The number of nitrogens with one attached hydrogen (secondary N) is 1. The van der Waals surface area contributed by atoms with Crippen molar-refractivity contribution in [2.75, 3.05) is 36.9 Å². The van der Waals surface area contributed by atoms with E-state index in [9.17, 15) is 18.0 Å². The summed E-state index contributed by atoms with van der Waals surface area (Å²) in [5, 5.41) is 3.72. The third kappa shape index (κ3) is 8.65. The molecular formula is C27H35Cl2N3O6S. The first-order valence-corrected chi connectivity index (χ1v) is 15.4. The van der Waals surface area contributed by atoms with Crippen molar-refractivity contribution in [3.05, 3.63) is 52.0 Å². The molecule has 1 heterocycles. The van der Waals surface area contributed by atoms with Crippen LogP contribution in [0.2, 0.25) is 10.0 Å². The molecule has 1 aliphatic heterocycles. The smallest absolute Gasteiger partial charge is 0.242 e. The Morgan fingerprint density at radius 1 is 1.03 bits per heavy atom. The molecule has 0 spiro atoms. The van der Waals surface area contributed by atoms with Gasteiger partial charge in [0.05, 0.1) is 11.9 Å². The van der Waals surface area contributed by atoms with Gasteiger partial charge in [0.25, 0.3) is 0 Å². The minimum absolute atomic E-state index is 0.0174. The second kappa shape index (κ2) is 13.6. The molecule has 0 aliphatic carbocycles. The Labute approximate surface area is 240 Å². The molecule has 39 heavy (non-hydrogen) atoms. The quantitative estimate of drug-likeness (QED) is 0.385. The lowest BCUT2D eigenvalue weighted by molar-refractivity contribution is -0.140. The van der Waals surface area contributed by atoms with Crippen LogP contribution in [0.15, 0.2) is 36.4 Å². The predicted molar refractivity (Wildman–Crippen MR) is 153 cm³/mol. The van der Waals surface area contributed by atoms with Gasteiger partial charge in [-0.1, -0.05) is 43.1 Å². The molecule has 2 amide bonds. The Morgan fingerprint density at radius 3 is 2.36 bits per heavy atom. The van der Waals surface area contributed by atoms with E-state index in [4.69, 9.17) is 32.7 Å². The number of fused-ring (bicyclic) bond motifs is 1. The standard InChI is InChI=1S/C27H35Cl2N3O6S/c1-18(2)16-30-27(34)19(3)31(17-20-7-8-21(28)14-23(20)29)26(33)6-5-11-32(39(4,35)36)22-9-10-24-25(15-22)38-13-12-37-24/h7-10,14-15,18-19H,5-6,11-13,16-17H2,1-4H3,(H,30,34). The average molecular weight is 601 g/mol. The van der Waals surface area contributed by atoms with Crippen LogP contribution in [0.3, 0.4) is 0 Å². The maximum Gasteiger partial charge on any atom is 0.242 e. The van der Waals surface area contributed by atoms with E-state index >= 15 is 0 Å². The first-order chi connectivity index (χ1) is 18.4. The fourth-order valence-corrected chi connectivity index (χ4v) is 5.49. The molecule has 214 valence electrons. The number of nitrogens with zero attached hydrogens (tertiary/aromatic N) is 2. The Kier molecular flexibility index (Phi) is 10.7. The Balaban J connectivity index is 1.75. The lowest BCUT2D eigenvalue weighted by atomic mass is 10.1. The zero-order valence-electron chi connectivity index (χ0n) is 22.6. The minimum atomic E-state index is -3.65. The summed E-state index contributed by atoms with van der Waals surface area (Å²) < 4.78 is 37.6. The molecule has 0 saturated heterocycles. The number of rotatable bonds is 12. The molecule has 0 saturated carbocycles. The highest BCUT2D eigenvalue weighted by Crippen LogP contribution is 2.35. The topological polar surface area (TPSA) is 105 Å². The van der Waals surface area contributed by atoms with Crippen LogP contribution in [-0.2, 0) is 26.2 Å². The van der Waals surface area contributed by atoms with E-state index in [0.717, 1.165) is 6.26 Å². The van der Waals surface area contributed by atoms with E-state index in [1.807, 2.05) is 13.8 Å². The van der Waals surface area contributed by atoms with Gasteiger partial charge in [0.2, 0.25) is 21.8 Å². The molecule has 2 aromatic rings. The fraction of sp³-hybridized carbons (Fsp3) is 0.481. The van der Waals surface area contributed by atoms with Crippen molar-refractivity contribution in [2.45, 2.75) is 46.2 Å². The molecule has 0 radical (unpaired) electrons. The summed E-state index contributed by atoms with van der Waals surface area (Å²) in [7, 11) is -3.65. The highest BCUT2D eigenvalue weighted by atomic mass is 35.5. The monoisotopic (exact) mass is 599 g/mol. The first kappa shape index (κ1) is 30.8. The van der Waals surface area contributed by atoms with E-state index in [1.165, 1.54) is 9.21 Å². The third-order valence-corrected chi connectivity index (χ3v) is 7.95. The van der Waals surface area contributed by atoms with Crippen LogP contribution >= 0.6 is 23.2 Å². The van der Waals surface area contributed by atoms with E-state index < -0.39 is 16.1 Å². The number of carbonyl (C=O) groups excluding carboxylic acids is 2.